The normalized spacial score (nSPS) is 18.6. The SMILES string of the molecule is CN(C)C(CNCc1ccc(OCC2CCCO2)cc1)c1ccco1. The molecular formula is C20H28N2O3. The van der Waals surface area contributed by atoms with E-state index in [1.807, 2.05) is 24.3 Å². The van der Waals surface area contributed by atoms with Crippen molar-refractivity contribution in [3.63, 3.8) is 0 Å². The molecule has 1 N–H and O–H groups in total. The van der Waals surface area contributed by atoms with E-state index < -0.39 is 0 Å². The summed E-state index contributed by atoms with van der Waals surface area (Å²) in [6.07, 6.45) is 4.22. The first-order valence-corrected chi connectivity index (χ1v) is 8.96. The van der Waals surface area contributed by atoms with Crippen LogP contribution in [0.5, 0.6) is 5.75 Å². The fourth-order valence-corrected chi connectivity index (χ4v) is 3.04. The number of ether oxygens (including phenoxy) is 2. The quantitative estimate of drug-likeness (QED) is 0.757. The molecule has 0 amide bonds. The second-order valence-electron chi connectivity index (χ2n) is 6.72. The number of hydrogen-bond acceptors (Lipinski definition) is 5. The molecule has 1 aliphatic heterocycles. The van der Waals surface area contributed by atoms with Crippen LogP contribution in [0.2, 0.25) is 0 Å². The molecule has 0 spiro atoms. The molecule has 2 aromatic rings. The highest BCUT2D eigenvalue weighted by atomic mass is 16.5. The van der Waals surface area contributed by atoms with Gasteiger partial charge in [0.25, 0.3) is 0 Å². The molecule has 2 heterocycles. The molecule has 5 nitrogen and oxygen atoms in total. The third-order valence-corrected chi connectivity index (χ3v) is 4.55. The van der Waals surface area contributed by atoms with Gasteiger partial charge >= 0.3 is 0 Å². The molecular weight excluding hydrogens is 316 g/mol. The molecule has 0 aliphatic carbocycles. The first kappa shape index (κ1) is 18.0. The monoisotopic (exact) mass is 344 g/mol. The highest BCUT2D eigenvalue weighted by Crippen LogP contribution is 2.19. The first-order chi connectivity index (χ1) is 12.2. The summed E-state index contributed by atoms with van der Waals surface area (Å²) in [5.74, 6) is 1.89. The van der Waals surface area contributed by atoms with E-state index in [0.29, 0.717) is 6.61 Å². The molecule has 136 valence electrons. The summed E-state index contributed by atoms with van der Waals surface area (Å²) in [5, 5.41) is 3.51. The van der Waals surface area contributed by atoms with Crippen molar-refractivity contribution >= 4 is 0 Å². The summed E-state index contributed by atoms with van der Waals surface area (Å²) in [5.41, 5.74) is 1.24. The first-order valence-electron chi connectivity index (χ1n) is 8.96. The summed E-state index contributed by atoms with van der Waals surface area (Å²) >= 11 is 0. The Kier molecular flexibility index (Phi) is 6.50. The average Bonchev–Trinajstić information content (AvgIpc) is 3.31. The van der Waals surface area contributed by atoms with Crippen molar-refractivity contribution in [1.82, 2.24) is 10.2 Å². The maximum absolute atomic E-state index is 5.80. The smallest absolute Gasteiger partial charge is 0.122 e. The molecule has 1 aliphatic rings. The summed E-state index contributed by atoms with van der Waals surface area (Å²) in [7, 11) is 4.13. The Morgan fingerprint density at radius 3 is 2.72 bits per heavy atom. The van der Waals surface area contributed by atoms with Crippen molar-refractivity contribution in [2.45, 2.75) is 31.5 Å². The van der Waals surface area contributed by atoms with E-state index >= 15 is 0 Å². The van der Waals surface area contributed by atoms with Gasteiger partial charge in [-0.1, -0.05) is 12.1 Å². The van der Waals surface area contributed by atoms with Crippen LogP contribution in [0.3, 0.4) is 0 Å². The van der Waals surface area contributed by atoms with Crippen LogP contribution in [0.25, 0.3) is 0 Å². The predicted molar refractivity (Wildman–Crippen MR) is 97.8 cm³/mol. The Labute approximate surface area is 149 Å². The van der Waals surface area contributed by atoms with Crippen LogP contribution in [-0.4, -0.2) is 44.9 Å². The Hall–Kier alpha value is -1.82. The molecule has 3 rings (SSSR count). The molecule has 0 radical (unpaired) electrons. The van der Waals surface area contributed by atoms with Gasteiger partial charge in [0.1, 0.15) is 18.1 Å². The van der Waals surface area contributed by atoms with Gasteiger partial charge in [-0.05, 0) is 56.8 Å². The molecule has 2 atom stereocenters. The highest BCUT2D eigenvalue weighted by molar-refractivity contribution is 5.27. The maximum Gasteiger partial charge on any atom is 0.122 e. The van der Waals surface area contributed by atoms with Crippen LogP contribution in [0.4, 0.5) is 0 Å². The number of rotatable bonds is 9. The lowest BCUT2D eigenvalue weighted by atomic mass is 10.2. The van der Waals surface area contributed by atoms with Gasteiger partial charge in [0.15, 0.2) is 0 Å². The second-order valence-corrected chi connectivity index (χ2v) is 6.72. The van der Waals surface area contributed by atoms with Crippen LogP contribution >= 0.6 is 0 Å². The fourth-order valence-electron chi connectivity index (χ4n) is 3.04. The third-order valence-electron chi connectivity index (χ3n) is 4.55. The number of furan rings is 1. The minimum Gasteiger partial charge on any atom is -0.491 e. The standard InChI is InChI=1S/C20H28N2O3/c1-22(2)19(20-6-4-12-24-20)14-21-13-16-7-9-17(10-8-16)25-15-18-5-3-11-23-18/h4,6-10,12,18-19,21H,3,5,11,13-15H2,1-2H3. The van der Waals surface area contributed by atoms with Crippen molar-refractivity contribution in [2.75, 3.05) is 33.9 Å². The van der Waals surface area contributed by atoms with E-state index in [-0.39, 0.29) is 12.1 Å². The molecule has 25 heavy (non-hydrogen) atoms. The summed E-state index contributed by atoms with van der Waals surface area (Å²) < 4.78 is 16.9. The zero-order valence-corrected chi connectivity index (χ0v) is 15.1. The third kappa shape index (κ3) is 5.33. The van der Waals surface area contributed by atoms with Crippen LogP contribution in [0.1, 0.15) is 30.2 Å². The molecule has 1 fully saturated rings. The molecule has 5 heteroatoms. The van der Waals surface area contributed by atoms with Gasteiger partial charge in [-0.3, -0.25) is 4.90 Å². The Balaban J connectivity index is 1.43. The van der Waals surface area contributed by atoms with Crippen molar-refractivity contribution in [2.24, 2.45) is 0 Å². The van der Waals surface area contributed by atoms with Gasteiger partial charge in [0.2, 0.25) is 0 Å². The lowest BCUT2D eigenvalue weighted by molar-refractivity contribution is 0.0679. The second kappa shape index (κ2) is 9.04. The van der Waals surface area contributed by atoms with E-state index in [1.165, 1.54) is 5.56 Å². The summed E-state index contributed by atoms with van der Waals surface area (Å²) in [6, 6.07) is 12.5. The Bertz CT molecular complexity index is 604. The number of benzene rings is 1. The van der Waals surface area contributed by atoms with Crippen LogP contribution in [0, 0.1) is 0 Å². The van der Waals surface area contributed by atoms with Gasteiger partial charge in [0, 0.05) is 19.7 Å². The van der Waals surface area contributed by atoms with Gasteiger partial charge in [-0.15, -0.1) is 0 Å². The molecule has 0 bridgehead atoms. The van der Waals surface area contributed by atoms with E-state index in [9.17, 15) is 0 Å². The lowest BCUT2D eigenvalue weighted by Crippen LogP contribution is -2.30. The van der Waals surface area contributed by atoms with E-state index in [2.05, 4.69) is 36.4 Å². The molecule has 1 aromatic heterocycles. The van der Waals surface area contributed by atoms with Crippen LogP contribution in [0.15, 0.2) is 47.1 Å². The molecule has 0 saturated carbocycles. The topological polar surface area (TPSA) is 46.9 Å². The van der Waals surface area contributed by atoms with Gasteiger partial charge in [-0.2, -0.15) is 0 Å². The molecule has 2 unspecified atom stereocenters. The minimum atomic E-state index is 0.226. The Morgan fingerprint density at radius 2 is 2.08 bits per heavy atom. The molecule has 1 saturated heterocycles. The zero-order valence-electron chi connectivity index (χ0n) is 15.1. The van der Waals surface area contributed by atoms with Gasteiger partial charge < -0.3 is 19.2 Å². The predicted octanol–water partition coefficient (Wildman–Crippen LogP) is 3.23. The largest absolute Gasteiger partial charge is 0.491 e. The average molecular weight is 344 g/mol. The van der Waals surface area contributed by atoms with Crippen LogP contribution in [-0.2, 0) is 11.3 Å². The minimum absolute atomic E-state index is 0.226. The van der Waals surface area contributed by atoms with E-state index in [0.717, 1.165) is 44.0 Å². The fraction of sp³-hybridized carbons (Fsp3) is 0.500. The number of nitrogens with zero attached hydrogens (tertiary/aromatic N) is 1. The van der Waals surface area contributed by atoms with Crippen molar-refractivity contribution in [3.8, 4) is 5.75 Å². The molecule has 1 aromatic carbocycles. The van der Waals surface area contributed by atoms with Crippen molar-refractivity contribution in [3.05, 3.63) is 54.0 Å². The maximum atomic E-state index is 5.80. The van der Waals surface area contributed by atoms with E-state index in [4.69, 9.17) is 13.9 Å². The number of likely N-dealkylation sites (N-methyl/N-ethyl adjacent to an activating group) is 1. The zero-order chi connectivity index (χ0) is 17.5. The van der Waals surface area contributed by atoms with Crippen molar-refractivity contribution < 1.29 is 13.9 Å². The van der Waals surface area contributed by atoms with Gasteiger partial charge in [0.05, 0.1) is 18.4 Å². The summed E-state index contributed by atoms with van der Waals surface area (Å²) in [4.78, 5) is 2.16. The van der Waals surface area contributed by atoms with E-state index in [1.54, 1.807) is 6.26 Å². The highest BCUT2D eigenvalue weighted by Gasteiger charge is 2.17. The summed E-state index contributed by atoms with van der Waals surface area (Å²) in [6.45, 7) is 3.16. The van der Waals surface area contributed by atoms with Crippen LogP contribution < -0.4 is 10.1 Å². The van der Waals surface area contributed by atoms with Crippen molar-refractivity contribution in [1.29, 1.82) is 0 Å². The number of nitrogens with one attached hydrogen (secondary N) is 1. The Morgan fingerprint density at radius 1 is 1.24 bits per heavy atom. The lowest BCUT2D eigenvalue weighted by Gasteiger charge is -2.22. The van der Waals surface area contributed by atoms with Gasteiger partial charge in [-0.25, -0.2) is 0 Å². The number of hydrogen-bond donors (Lipinski definition) is 1.